The number of nitrogens with one attached hydrogen (secondary N) is 1. The Morgan fingerprint density at radius 1 is 1.10 bits per heavy atom. The van der Waals surface area contributed by atoms with Crippen LogP contribution in [0.15, 0.2) is 65.7 Å². The van der Waals surface area contributed by atoms with Crippen LogP contribution in [-0.2, 0) is 26.2 Å². The number of fused-ring (bicyclic) bond motifs is 1. The molecule has 1 atom stereocenters. The topological polar surface area (TPSA) is 85.4 Å². The van der Waals surface area contributed by atoms with Crippen LogP contribution in [0.4, 0.5) is 0 Å². The standard InChI is InChI=1S/C21H21ClN2O4S/c1-14(2)19(24-29(26,27)18-10-8-17(22)9-11-18)21(25)28-13-16-6-3-5-15-7-4-12-23-20(15)16/h3-12,14,19,24H,13H2,1-2H3/t19-/m0/s1. The molecule has 0 unspecified atom stereocenters. The summed E-state index contributed by atoms with van der Waals surface area (Å²) in [6.45, 7) is 3.49. The number of benzene rings is 2. The van der Waals surface area contributed by atoms with Crippen molar-refractivity contribution in [3.8, 4) is 0 Å². The second-order valence-corrected chi connectivity index (χ2v) is 9.05. The van der Waals surface area contributed by atoms with E-state index in [1.807, 2.05) is 30.3 Å². The summed E-state index contributed by atoms with van der Waals surface area (Å²) in [5.74, 6) is -0.958. The fourth-order valence-corrected chi connectivity index (χ4v) is 4.29. The van der Waals surface area contributed by atoms with Gasteiger partial charge in [0.25, 0.3) is 0 Å². The largest absolute Gasteiger partial charge is 0.460 e. The smallest absolute Gasteiger partial charge is 0.324 e. The zero-order chi connectivity index (χ0) is 21.0. The molecular formula is C21H21ClN2O4S. The number of carbonyl (C=O) groups is 1. The highest BCUT2D eigenvalue weighted by Gasteiger charge is 2.29. The zero-order valence-corrected chi connectivity index (χ0v) is 17.6. The molecule has 6 nitrogen and oxygen atoms in total. The molecule has 1 heterocycles. The van der Waals surface area contributed by atoms with Crippen LogP contribution in [0.2, 0.25) is 5.02 Å². The van der Waals surface area contributed by atoms with E-state index in [9.17, 15) is 13.2 Å². The normalized spacial score (nSPS) is 12.8. The molecule has 29 heavy (non-hydrogen) atoms. The number of para-hydroxylation sites is 1. The number of carbonyl (C=O) groups excluding carboxylic acids is 1. The van der Waals surface area contributed by atoms with E-state index < -0.39 is 22.0 Å². The van der Waals surface area contributed by atoms with Gasteiger partial charge in [0.1, 0.15) is 12.6 Å². The second kappa shape index (κ2) is 8.90. The van der Waals surface area contributed by atoms with Gasteiger partial charge in [0.2, 0.25) is 10.0 Å². The van der Waals surface area contributed by atoms with Crippen molar-refractivity contribution in [3.05, 3.63) is 71.4 Å². The average Bonchev–Trinajstić information content (AvgIpc) is 2.70. The van der Waals surface area contributed by atoms with Crippen molar-refractivity contribution >= 4 is 38.5 Å². The van der Waals surface area contributed by atoms with Crippen LogP contribution in [0.3, 0.4) is 0 Å². The van der Waals surface area contributed by atoms with E-state index in [0.717, 1.165) is 16.5 Å². The molecule has 0 saturated carbocycles. The zero-order valence-electron chi connectivity index (χ0n) is 16.0. The molecule has 0 bridgehead atoms. The van der Waals surface area contributed by atoms with Crippen molar-refractivity contribution in [2.45, 2.75) is 31.4 Å². The van der Waals surface area contributed by atoms with Gasteiger partial charge < -0.3 is 4.74 Å². The molecule has 0 amide bonds. The lowest BCUT2D eigenvalue weighted by Gasteiger charge is -2.21. The first-order valence-electron chi connectivity index (χ1n) is 9.05. The summed E-state index contributed by atoms with van der Waals surface area (Å²) in [4.78, 5) is 17.0. The van der Waals surface area contributed by atoms with Gasteiger partial charge in [0.15, 0.2) is 0 Å². The van der Waals surface area contributed by atoms with E-state index in [2.05, 4.69) is 9.71 Å². The Morgan fingerprint density at radius 2 is 1.79 bits per heavy atom. The molecule has 0 aliphatic heterocycles. The first-order chi connectivity index (χ1) is 13.8. The third-order valence-corrected chi connectivity index (χ3v) is 6.12. The van der Waals surface area contributed by atoms with Gasteiger partial charge in [0.05, 0.1) is 10.4 Å². The molecule has 0 radical (unpaired) electrons. The molecule has 0 aliphatic rings. The van der Waals surface area contributed by atoms with Crippen molar-refractivity contribution in [2.24, 2.45) is 5.92 Å². The lowest BCUT2D eigenvalue weighted by atomic mass is 10.1. The first kappa shape index (κ1) is 21.2. The minimum Gasteiger partial charge on any atom is -0.460 e. The Balaban J connectivity index is 1.75. The Hall–Kier alpha value is -2.48. The van der Waals surface area contributed by atoms with Gasteiger partial charge in [-0.25, -0.2) is 8.42 Å². The highest BCUT2D eigenvalue weighted by atomic mass is 35.5. The molecule has 3 aromatic rings. The minimum atomic E-state index is -3.91. The predicted molar refractivity (Wildman–Crippen MR) is 112 cm³/mol. The van der Waals surface area contributed by atoms with Gasteiger partial charge in [-0.1, -0.05) is 49.7 Å². The van der Waals surface area contributed by atoms with E-state index >= 15 is 0 Å². The molecule has 152 valence electrons. The van der Waals surface area contributed by atoms with E-state index in [4.69, 9.17) is 16.3 Å². The second-order valence-electron chi connectivity index (χ2n) is 6.90. The first-order valence-corrected chi connectivity index (χ1v) is 10.9. The molecule has 0 fully saturated rings. The third kappa shape index (κ3) is 5.12. The van der Waals surface area contributed by atoms with Gasteiger partial charge in [-0.2, -0.15) is 4.72 Å². The summed E-state index contributed by atoms with van der Waals surface area (Å²) in [7, 11) is -3.91. The molecule has 1 aromatic heterocycles. The maximum absolute atomic E-state index is 12.7. The molecular weight excluding hydrogens is 412 g/mol. The molecule has 8 heteroatoms. The number of nitrogens with zero attached hydrogens (tertiary/aromatic N) is 1. The molecule has 1 N–H and O–H groups in total. The van der Waals surface area contributed by atoms with Gasteiger partial charge in [0, 0.05) is 22.2 Å². The van der Waals surface area contributed by atoms with E-state index in [1.54, 1.807) is 20.0 Å². The Morgan fingerprint density at radius 3 is 2.48 bits per heavy atom. The summed E-state index contributed by atoms with van der Waals surface area (Å²) in [5, 5.41) is 1.36. The third-order valence-electron chi connectivity index (χ3n) is 4.41. The van der Waals surface area contributed by atoms with Gasteiger partial charge in [-0.15, -0.1) is 0 Å². The quantitative estimate of drug-likeness (QED) is 0.571. The molecule has 0 saturated heterocycles. The lowest BCUT2D eigenvalue weighted by molar-refractivity contribution is -0.148. The summed E-state index contributed by atoms with van der Waals surface area (Å²) in [5.41, 5.74) is 1.49. The van der Waals surface area contributed by atoms with Crippen LogP contribution >= 0.6 is 11.6 Å². The number of hydrogen-bond acceptors (Lipinski definition) is 5. The van der Waals surface area contributed by atoms with E-state index in [1.165, 1.54) is 24.3 Å². The summed E-state index contributed by atoms with van der Waals surface area (Å²) < 4.78 is 33.2. The Bertz CT molecular complexity index is 1110. The average molecular weight is 433 g/mol. The van der Waals surface area contributed by atoms with Crippen molar-refractivity contribution in [3.63, 3.8) is 0 Å². The fraction of sp³-hybridized carbons (Fsp3) is 0.238. The summed E-state index contributed by atoms with van der Waals surface area (Å²) >= 11 is 5.81. The maximum Gasteiger partial charge on any atom is 0.324 e. The number of esters is 1. The fourth-order valence-electron chi connectivity index (χ4n) is 2.83. The predicted octanol–water partition coefficient (Wildman–Crippen LogP) is 3.93. The molecule has 0 aliphatic carbocycles. The summed E-state index contributed by atoms with van der Waals surface area (Å²) in [6, 6.07) is 14.1. The molecule has 2 aromatic carbocycles. The monoisotopic (exact) mass is 432 g/mol. The van der Waals surface area contributed by atoms with Gasteiger partial charge >= 0.3 is 5.97 Å². The van der Waals surface area contributed by atoms with Crippen LogP contribution in [0.25, 0.3) is 10.9 Å². The van der Waals surface area contributed by atoms with Crippen LogP contribution < -0.4 is 4.72 Å². The van der Waals surface area contributed by atoms with E-state index in [0.29, 0.717) is 5.02 Å². The Kier molecular flexibility index (Phi) is 6.52. The van der Waals surface area contributed by atoms with Crippen LogP contribution in [0.5, 0.6) is 0 Å². The van der Waals surface area contributed by atoms with Crippen molar-refractivity contribution in [2.75, 3.05) is 0 Å². The van der Waals surface area contributed by atoms with Crippen LogP contribution in [0, 0.1) is 5.92 Å². The highest BCUT2D eigenvalue weighted by Crippen LogP contribution is 2.19. The van der Waals surface area contributed by atoms with Crippen molar-refractivity contribution < 1.29 is 17.9 Å². The number of aromatic nitrogens is 1. The summed E-state index contributed by atoms with van der Waals surface area (Å²) in [6.07, 6.45) is 1.67. The number of rotatable bonds is 7. The van der Waals surface area contributed by atoms with E-state index in [-0.39, 0.29) is 17.4 Å². The highest BCUT2D eigenvalue weighted by molar-refractivity contribution is 7.89. The SMILES string of the molecule is CC(C)[C@H](NS(=O)(=O)c1ccc(Cl)cc1)C(=O)OCc1cccc2cccnc12. The molecule has 0 spiro atoms. The van der Waals surface area contributed by atoms with Crippen molar-refractivity contribution in [1.82, 2.24) is 9.71 Å². The number of sulfonamides is 1. The number of halogens is 1. The van der Waals surface area contributed by atoms with Gasteiger partial charge in [-0.05, 0) is 36.2 Å². The lowest BCUT2D eigenvalue weighted by Crippen LogP contribution is -2.45. The number of ether oxygens (including phenoxy) is 1. The minimum absolute atomic E-state index is 0.000913. The Labute approximate surface area is 174 Å². The van der Waals surface area contributed by atoms with Gasteiger partial charge in [-0.3, -0.25) is 9.78 Å². The van der Waals surface area contributed by atoms with Crippen LogP contribution in [-0.4, -0.2) is 25.4 Å². The number of hydrogen-bond donors (Lipinski definition) is 1. The van der Waals surface area contributed by atoms with Crippen LogP contribution in [0.1, 0.15) is 19.4 Å². The number of pyridine rings is 1. The van der Waals surface area contributed by atoms with Crippen molar-refractivity contribution in [1.29, 1.82) is 0 Å². The maximum atomic E-state index is 12.7. The molecule has 3 rings (SSSR count).